The van der Waals surface area contributed by atoms with E-state index < -0.39 is 0 Å². The second-order valence-corrected chi connectivity index (χ2v) is 4.79. The molecule has 2 rings (SSSR count). The maximum absolute atomic E-state index is 3.74. The molecular formula is C13H23N. The number of nitrogens with one attached hydrogen (secondary N) is 1. The molecule has 1 N–H and O–H groups in total. The molecule has 0 saturated heterocycles. The van der Waals surface area contributed by atoms with Crippen LogP contribution in [0.25, 0.3) is 0 Å². The van der Waals surface area contributed by atoms with Crippen LogP contribution >= 0.6 is 0 Å². The fraction of sp³-hybridized carbons (Fsp3) is 0.846. The second-order valence-electron chi connectivity index (χ2n) is 4.79. The predicted octanol–water partition coefficient (Wildman–Crippen LogP) is 3.27. The lowest BCUT2D eigenvalue weighted by atomic mass is 9.76. The highest BCUT2D eigenvalue weighted by Crippen LogP contribution is 2.35. The Hall–Kier alpha value is -0.300. The molecule has 14 heavy (non-hydrogen) atoms. The van der Waals surface area contributed by atoms with Gasteiger partial charge in [0.25, 0.3) is 0 Å². The Labute approximate surface area is 88.0 Å². The largest absolute Gasteiger partial charge is 0.310 e. The second kappa shape index (κ2) is 4.97. The Morgan fingerprint density at radius 1 is 1.43 bits per heavy atom. The third-order valence-electron chi connectivity index (χ3n) is 3.71. The molecule has 0 heterocycles. The lowest BCUT2D eigenvalue weighted by molar-refractivity contribution is 0.250. The molecule has 0 aliphatic heterocycles. The van der Waals surface area contributed by atoms with Crippen LogP contribution in [0.2, 0.25) is 0 Å². The quantitative estimate of drug-likeness (QED) is 0.661. The summed E-state index contributed by atoms with van der Waals surface area (Å²) in [5.41, 5.74) is 1.73. The first kappa shape index (κ1) is 10.2. The summed E-state index contributed by atoms with van der Waals surface area (Å²) in [5.74, 6) is 0.964. The molecule has 0 aromatic heterocycles. The molecule has 1 fully saturated rings. The Morgan fingerprint density at radius 2 is 2.29 bits per heavy atom. The van der Waals surface area contributed by atoms with Crippen LogP contribution in [0.1, 0.15) is 51.9 Å². The summed E-state index contributed by atoms with van der Waals surface area (Å²) >= 11 is 0. The van der Waals surface area contributed by atoms with Crippen LogP contribution in [0.5, 0.6) is 0 Å². The fourth-order valence-corrected chi connectivity index (χ4v) is 2.65. The van der Waals surface area contributed by atoms with Crippen molar-refractivity contribution in [2.75, 3.05) is 6.54 Å². The zero-order valence-corrected chi connectivity index (χ0v) is 9.39. The lowest BCUT2D eigenvalue weighted by Crippen LogP contribution is -2.41. The van der Waals surface area contributed by atoms with E-state index in [1.54, 1.807) is 5.57 Å². The Balaban J connectivity index is 1.90. The third-order valence-corrected chi connectivity index (χ3v) is 3.71. The molecule has 0 radical (unpaired) electrons. The maximum Gasteiger partial charge on any atom is 0.0307 e. The van der Waals surface area contributed by atoms with E-state index in [4.69, 9.17) is 0 Å². The number of allylic oxidation sites excluding steroid dienone is 1. The summed E-state index contributed by atoms with van der Waals surface area (Å²) < 4.78 is 0. The molecule has 1 atom stereocenters. The van der Waals surface area contributed by atoms with Gasteiger partial charge in [-0.05, 0) is 51.0 Å². The van der Waals surface area contributed by atoms with Crippen molar-refractivity contribution in [2.45, 2.75) is 57.9 Å². The lowest BCUT2D eigenvalue weighted by Gasteiger charge is -2.35. The summed E-state index contributed by atoms with van der Waals surface area (Å²) in [7, 11) is 0. The summed E-state index contributed by atoms with van der Waals surface area (Å²) in [6, 6.07) is 0.742. The van der Waals surface area contributed by atoms with Gasteiger partial charge in [-0.25, -0.2) is 0 Å². The van der Waals surface area contributed by atoms with Gasteiger partial charge >= 0.3 is 0 Å². The molecule has 80 valence electrons. The van der Waals surface area contributed by atoms with Gasteiger partial charge in [-0.15, -0.1) is 0 Å². The molecule has 2 aliphatic rings. The van der Waals surface area contributed by atoms with Crippen LogP contribution in [0, 0.1) is 5.92 Å². The van der Waals surface area contributed by atoms with Gasteiger partial charge in [-0.2, -0.15) is 0 Å². The molecule has 0 spiro atoms. The molecule has 1 heteroatoms. The molecular weight excluding hydrogens is 170 g/mol. The topological polar surface area (TPSA) is 12.0 Å². The smallest absolute Gasteiger partial charge is 0.0307 e. The van der Waals surface area contributed by atoms with Crippen molar-refractivity contribution in [2.24, 2.45) is 5.92 Å². The molecule has 0 bridgehead atoms. The number of rotatable bonds is 5. The van der Waals surface area contributed by atoms with Crippen LogP contribution < -0.4 is 5.32 Å². The highest BCUT2D eigenvalue weighted by molar-refractivity contribution is 5.17. The van der Waals surface area contributed by atoms with Gasteiger partial charge in [-0.1, -0.05) is 25.0 Å². The Morgan fingerprint density at radius 3 is 2.79 bits per heavy atom. The number of hydrogen-bond acceptors (Lipinski definition) is 1. The van der Waals surface area contributed by atoms with Crippen LogP contribution in [0.4, 0.5) is 0 Å². The molecule has 0 aromatic rings. The highest BCUT2D eigenvalue weighted by Gasteiger charge is 2.29. The average Bonchev–Trinajstić information content (AvgIpc) is 2.61. The van der Waals surface area contributed by atoms with E-state index in [-0.39, 0.29) is 0 Å². The van der Waals surface area contributed by atoms with E-state index in [0.717, 1.165) is 12.0 Å². The van der Waals surface area contributed by atoms with E-state index in [0.29, 0.717) is 0 Å². The molecule has 1 nitrogen and oxygen atoms in total. The Bertz CT molecular complexity index is 203. The van der Waals surface area contributed by atoms with E-state index >= 15 is 0 Å². The first-order valence-corrected chi connectivity index (χ1v) is 6.34. The zero-order valence-electron chi connectivity index (χ0n) is 9.39. The van der Waals surface area contributed by atoms with Gasteiger partial charge < -0.3 is 5.32 Å². The minimum absolute atomic E-state index is 0.742. The minimum Gasteiger partial charge on any atom is -0.310 e. The van der Waals surface area contributed by atoms with Crippen molar-refractivity contribution >= 4 is 0 Å². The summed E-state index contributed by atoms with van der Waals surface area (Å²) in [5, 5.41) is 3.74. The summed E-state index contributed by atoms with van der Waals surface area (Å²) in [6.07, 6.45) is 12.2. The molecule has 1 unspecified atom stereocenters. The van der Waals surface area contributed by atoms with Crippen molar-refractivity contribution in [3.63, 3.8) is 0 Å². The third kappa shape index (κ3) is 2.20. The van der Waals surface area contributed by atoms with Crippen molar-refractivity contribution < 1.29 is 0 Å². The summed E-state index contributed by atoms with van der Waals surface area (Å²) in [4.78, 5) is 0. The van der Waals surface area contributed by atoms with Gasteiger partial charge in [0.05, 0.1) is 0 Å². The molecule has 0 amide bonds. The molecule has 1 saturated carbocycles. The van der Waals surface area contributed by atoms with Crippen LogP contribution in [0.15, 0.2) is 11.6 Å². The minimum atomic E-state index is 0.742. The first-order valence-electron chi connectivity index (χ1n) is 6.34. The van der Waals surface area contributed by atoms with Crippen LogP contribution in [-0.4, -0.2) is 12.6 Å². The van der Waals surface area contributed by atoms with Gasteiger partial charge in [0, 0.05) is 6.04 Å². The molecule has 0 aromatic carbocycles. The molecule has 2 aliphatic carbocycles. The van der Waals surface area contributed by atoms with Gasteiger partial charge in [0.2, 0.25) is 0 Å². The van der Waals surface area contributed by atoms with Gasteiger partial charge in [0.1, 0.15) is 0 Å². The van der Waals surface area contributed by atoms with Crippen LogP contribution in [-0.2, 0) is 0 Å². The fourth-order valence-electron chi connectivity index (χ4n) is 2.65. The van der Waals surface area contributed by atoms with Gasteiger partial charge in [0.15, 0.2) is 0 Å². The van der Waals surface area contributed by atoms with Crippen molar-refractivity contribution in [1.82, 2.24) is 5.32 Å². The monoisotopic (exact) mass is 193 g/mol. The normalized spacial score (nSPS) is 24.5. The number of hydrogen-bond donors (Lipinski definition) is 1. The SMILES string of the molecule is CCCNC(C1=CCCC1)C1CCC1. The van der Waals surface area contributed by atoms with Crippen LogP contribution in [0.3, 0.4) is 0 Å². The van der Waals surface area contributed by atoms with Crippen molar-refractivity contribution in [3.8, 4) is 0 Å². The zero-order chi connectivity index (χ0) is 9.80. The predicted molar refractivity (Wildman–Crippen MR) is 61.4 cm³/mol. The van der Waals surface area contributed by atoms with Crippen molar-refractivity contribution in [3.05, 3.63) is 11.6 Å². The summed E-state index contributed by atoms with van der Waals surface area (Å²) in [6.45, 7) is 3.45. The average molecular weight is 193 g/mol. The Kier molecular flexibility index (Phi) is 3.63. The first-order chi connectivity index (χ1) is 6.92. The van der Waals surface area contributed by atoms with E-state index in [2.05, 4.69) is 18.3 Å². The highest BCUT2D eigenvalue weighted by atomic mass is 14.9. The van der Waals surface area contributed by atoms with Gasteiger partial charge in [-0.3, -0.25) is 0 Å². The maximum atomic E-state index is 3.74. The van der Waals surface area contributed by atoms with Crippen molar-refractivity contribution in [1.29, 1.82) is 0 Å². The van der Waals surface area contributed by atoms with E-state index in [1.165, 1.54) is 51.5 Å². The standard InChI is InChI=1S/C13H23N/c1-2-10-14-13(12-8-5-9-12)11-6-3-4-7-11/h6,12-14H,2-5,7-10H2,1H3. The van der Waals surface area contributed by atoms with E-state index in [9.17, 15) is 0 Å². The van der Waals surface area contributed by atoms with E-state index in [1.807, 2.05) is 0 Å².